The highest BCUT2D eigenvalue weighted by atomic mass is 35.5. The number of esters is 1. The number of nitrogens with one attached hydrogen (secondary N) is 1. The maximum absolute atomic E-state index is 13.0. The van der Waals surface area contributed by atoms with Crippen LogP contribution in [0.4, 0.5) is 15.8 Å². The van der Waals surface area contributed by atoms with E-state index in [1.807, 2.05) is 0 Å². The van der Waals surface area contributed by atoms with Crippen molar-refractivity contribution in [2.24, 2.45) is 0 Å². The molecule has 11 heteroatoms. The van der Waals surface area contributed by atoms with Gasteiger partial charge in [0.15, 0.2) is 6.61 Å². The fourth-order valence-electron chi connectivity index (χ4n) is 2.10. The summed E-state index contributed by atoms with van der Waals surface area (Å²) in [6.45, 7) is -0.659. The van der Waals surface area contributed by atoms with Crippen molar-refractivity contribution in [3.05, 3.63) is 52.8 Å². The van der Waals surface area contributed by atoms with Crippen molar-refractivity contribution in [2.75, 3.05) is 31.8 Å². The van der Waals surface area contributed by atoms with Gasteiger partial charge in [0.25, 0.3) is 5.91 Å². The van der Waals surface area contributed by atoms with E-state index in [0.717, 1.165) is 22.5 Å². The molecule has 0 aromatic heterocycles. The number of sulfonamides is 1. The van der Waals surface area contributed by atoms with Gasteiger partial charge in [-0.2, -0.15) is 0 Å². The number of ether oxygens (including phenoxy) is 1. The third kappa shape index (κ3) is 4.97. The number of hydrogen-bond donors (Lipinski definition) is 2. The van der Waals surface area contributed by atoms with Crippen LogP contribution < -0.4 is 11.1 Å². The number of nitrogens with two attached hydrogens (primary N) is 1. The van der Waals surface area contributed by atoms with E-state index in [4.69, 9.17) is 22.1 Å². The monoisotopic (exact) mass is 429 g/mol. The number of nitrogen functional groups attached to an aromatic ring is 1. The summed E-state index contributed by atoms with van der Waals surface area (Å²) < 4.78 is 43.3. The average molecular weight is 430 g/mol. The van der Waals surface area contributed by atoms with Gasteiger partial charge in [0.2, 0.25) is 10.0 Å². The minimum Gasteiger partial charge on any atom is -0.452 e. The van der Waals surface area contributed by atoms with Crippen LogP contribution in [0.5, 0.6) is 0 Å². The van der Waals surface area contributed by atoms with Gasteiger partial charge < -0.3 is 15.8 Å². The zero-order valence-electron chi connectivity index (χ0n) is 14.9. The second kappa shape index (κ2) is 8.55. The smallest absolute Gasteiger partial charge is 0.340 e. The summed E-state index contributed by atoms with van der Waals surface area (Å²) in [6.07, 6.45) is 0. The summed E-state index contributed by atoms with van der Waals surface area (Å²) in [4.78, 5) is 23.7. The standard InChI is InChI=1S/C17H17ClFN3O5S/c1-22(2)28(25,26)15-8-11(4-6-13(15)18)21-16(23)9-27-17(24)12-5-3-10(19)7-14(12)20/h3-8H,9,20H2,1-2H3,(H,21,23). The first-order valence-corrected chi connectivity index (χ1v) is 9.58. The Morgan fingerprint density at radius 2 is 1.89 bits per heavy atom. The van der Waals surface area contributed by atoms with E-state index >= 15 is 0 Å². The quantitative estimate of drug-likeness (QED) is 0.536. The van der Waals surface area contributed by atoms with E-state index in [1.165, 1.54) is 32.3 Å². The van der Waals surface area contributed by atoms with Gasteiger partial charge in [0.1, 0.15) is 10.7 Å². The topological polar surface area (TPSA) is 119 Å². The lowest BCUT2D eigenvalue weighted by atomic mass is 10.2. The molecule has 2 rings (SSSR count). The molecule has 8 nitrogen and oxygen atoms in total. The van der Waals surface area contributed by atoms with Crippen molar-refractivity contribution < 1.29 is 27.1 Å². The maximum Gasteiger partial charge on any atom is 0.340 e. The molecule has 150 valence electrons. The number of amides is 1. The van der Waals surface area contributed by atoms with Crippen LogP contribution in [-0.2, 0) is 19.6 Å². The number of nitrogens with zero attached hydrogens (tertiary/aromatic N) is 1. The predicted molar refractivity (Wildman–Crippen MR) is 102 cm³/mol. The molecule has 1 amide bonds. The molecule has 0 saturated carbocycles. The van der Waals surface area contributed by atoms with Crippen LogP contribution in [0.3, 0.4) is 0 Å². The number of halogens is 2. The van der Waals surface area contributed by atoms with E-state index in [-0.39, 0.29) is 26.9 Å². The minimum absolute atomic E-state index is 0.00934. The van der Waals surface area contributed by atoms with E-state index in [9.17, 15) is 22.4 Å². The van der Waals surface area contributed by atoms with Gasteiger partial charge in [-0.15, -0.1) is 0 Å². The number of anilines is 2. The molecule has 0 bridgehead atoms. The molecular weight excluding hydrogens is 413 g/mol. The molecule has 0 aliphatic rings. The second-order valence-electron chi connectivity index (χ2n) is 5.79. The van der Waals surface area contributed by atoms with Crippen molar-refractivity contribution in [1.82, 2.24) is 4.31 Å². The molecule has 0 atom stereocenters. The molecule has 28 heavy (non-hydrogen) atoms. The van der Waals surface area contributed by atoms with Gasteiger partial charge in [0.05, 0.1) is 10.6 Å². The molecule has 3 N–H and O–H groups in total. The first kappa shape index (κ1) is 21.6. The first-order chi connectivity index (χ1) is 13.0. The zero-order valence-corrected chi connectivity index (χ0v) is 16.5. The van der Waals surface area contributed by atoms with Gasteiger partial charge >= 0.3 is 5.97 Å². The zero-order chi connectivity index (χ0) is 21.1. The lowest BCUT2D eigenvalue weighted by Crippen LogP contribution is -2.24. The van der Waals surface area contributed by atoms with Gasteiger partial charge in [0, 0.05) is 25.5 Å². The van der Waals surface area contributed by atoms with Crippen LogP contribution in [0, 0.1) is 5.82 Å². The van der Waals surface area contributed by atoms with E-state index in [0.29, 0.717) is 0 Å². The maximum atomic E-state index is 13.0. The van der Waals surface area contributed by atoms with Gasteiger partial charge in [-0.1, -0.05) is 11.6 Å². The number of hydrogen-bond acceptors (Lipinski definition) is 6. The van der Waals surface area contributed by atoms with Crippen LogP contribution in [0.1, 0.15) is 10.4 Å². The summed E-state index contributed by atoms with van der Waals surface area (Å²) in [5, 5.41) is 2.39. The molecule has 0 saturated heterocycles. The molecule has 0 radical (unpaired) electrons. The molecular formula is C17H17ClFN3O5S. The highest BCUT2D eigenvalue weighted by Crippen LogP contribution is 2.26. The molecule has 0 fully saturated rings. The van der Waals surface area contributed by atoms with Crippen molar-refractivity contribution in [2.45, 2.75) is 4.90 Å². The Morgan fingerprint density at radius 3 is 2.50 bits per heavy atom. The highest BCUT2D eigenvalue weighted by molar-refractivity contribution is 7.89. The van der Waals surface area contributed by atoms with Crippen LogP contribution >= 0.6 is 11.6 Å². The Labute approximate surface area is 166 Å². The largest absolute Gasteiger partial charge is 0.452 e. The normalized spacial score (nSPS) is 11.3. The lowest BCUT2D eigenvalue weighted by molar-refractivity contribution is -0.119. The van der Waals surface area contributed by atoms with E-state index < -0.39 is 34.3 Å². The summed E-state index contributed by atoms with van der Waals surface area (Å²) in [5.74, 6) is -2.23. The fourth-order valence-corrected chi connectivity index (χ4v) is 3.49. The molecule has 0 spiro atoms. The minimum atomic E-state index is -3.82. The molecule has 0 heterocycles. The number of carbonyl (C=O) groups excluding carboxylic acids is 2. The third-order valence-electron chi connectivity index (χ3n) is 3.54. The van der Waals surface area contributed by atoms with Gasteiger partial charge in [-0.25, -0.2) is 21.9 Å². The lowest BCUT2D eigenvalue weighted by Gasteiger charge is -2.14. The Bertz CT molecular complexity index is 1030. The van der Waals surface area contributed by atoms with E-state index in [2.05, 4.69) is 5.32 Å². The Balaban J connectivity index is 2.06. The SMILES string of the molecule is CN(C)S(=O)(=O)c1cc(NC(=O)COC(=O)c2ccc(F)cc2N)ccc1Cl. The number of benzene rings is 2. The van der Waals surface area contributed by atoms with Gasteiger partial charge in [-0.05, 0) is 36.4 Å². The van der Waals surface area contributed by atoms with Crippen molar-refractivity contribution in [1.29, 1.82) is 0 Å². The van der Waals surface area contributed by atoms with Crippen LogP contribution in [0.2, 0.25) is 5.02 Å². The molecule has 2 aromatic carbocycles. The van der Waals surface area contributed by atoms with Crippen LogP contribution in [0.15, 0.2) is 41.3 Å². The molecule has 0 aliphatic carbocycles. The molecule has 2 aromatic rings. The van der Waals surface area contributed by atoms with Crippen molar-refractivity contribution in [3.8, 4) is 0 Å². The Morgan fingerprint density at radius 1 is 1.21 bits per heavy atom. The summed E-state index contributed by atoms with van der Waals surface area (Å²) in [7, 11) is -1.13. The van der Waals surface area contributed by atoms with Crippen LogP contribution in [-0.4, -0.2) is 45.3 Å². The summed E-state index contributed by atoms with van der Waals surface area (Å²) in [5.41, 5.74) is 5.47. The average Bonchev–Trinajstić information content (AvgIpc) is 2.61. The van der Waals surface area contributed by atoms with E-state index in [1.54, 1.807) is 0 Å². The van der Waals surface area contributed by atoms with Crippen LogP contribution in [0.25, 0.3) is 0 Å². The fraction of sp³-hybridized carbons (Fsp3) is 0.176. The highest BCUT2D eigenvalue weighted by Gasteiger charge is 2.21. The summed E-state index contributed by atoms with van der Waals surface area (Å²) >= 11 is 5.93. The van der Waals surface area contributed by atoms with Gasteiger partial charge in [-0.3, -0.25) is 4.79 Å². The second-order valence-corrected chi connectivity index (χ2v) is 8.32. The molecule has 0 unspecified atom stereocenters. The number of carbonyl (C=O) groups is 2. The summed E-state index contributed by atoms with van der Waals surface area (Å²) in [6, 6.07) is 7.04. The third-order valence-corrected chi connectivity index (χ3v) is 5.84. The Hall–Kier alpha value is -2.69. The Kier molecular flexibility index (Phi) is 6.60. The van der Waals surface area contributed by atoms with Crippen molar-refractivity contribution >= 4 is 44.9 Å². The number of rotatable bonds is 6. The predicted octanol–water partition coefficient (Wildman–Crippen LogP) is 2.11. The first-order valence-electron chi connectivity index (χ1n) is 7.76. The molecule has 0 aliphatic heterocycles. The van der Waals surface area contributed by atoms with Crippen molar-refractivity contribution in [3.63, 3.8) is 0 Å².